The predicted molar refractivity (Wildman–Crippen MR) is 68.0 cm³/mol. The smallest absolute Gasteiger partial charge is 0.258 e. The van der Waals surface area contributed by atoms with E-state index in [1.165, 1.54) is 19.1 Å². The highest BCUT2D eigenvalue weighted by molar-refractivity contribution is 7.89. The van der Waals surface area contributed by atoms with Crippen LogP contribution in [0.4, 0.5) is 5.69 Å². The number of nitro groups is 1. The molecule has 1 aromatic carbocycles. The second-order valence-electron chi connectivity index (χ2n) is 3.55. The first-order valence-electron chi connectivity index (χ1n) is 4.82. The summed E-state index contributed by atoms with van der Waals surface area (Å²) in [6.45, 7) is 4.74. The highest BCUT2D eigenvalue weighted by Crippen LogP contribution is 2.22. The monoisotopic (exact) mass is 290 g/mol. The van der Waals surface area contributed by atoms with E-state index in [2.05, 4.69) is 11.3 Å². The molecule has 0 fully saturated rings. The standard InChI is InChI=1S/C10H11ClN2O4S/c1-7-3-4-9(5-10(7)13(14)15)18(16,17)12-6-8(2)11/h3-5,12H,2,6H2,1H3. The Morgan fingerprint density at radius 2 is 2.17 bits per heavy atom. The molecule has 98 valence electrons. The molecule has 0 aliphatic heterocycles. The Kier molecular flexibility index (Phi) is 4.44. The Labute approximate surface area is 109 Å². The molecule has 0 unspecified atom stereocenters. The molecule has 0 heterocycles. The second kappa shape index (κ2) is 5.47. The van der Waals surface area contributed by atoms with Gasteiger partial charge in [0, 0.05) is 23.2 Å². The molecule has 6 nitrogen and oxygen atoms in total. The average molecular weight is 291 g/mol. The van der Waals surface area contributed by atoms with Gasteiger partial charge in [0.05, 0.1) is 9.82 Å². The number of aryl methyl sites for hydroxylation is 1. The van der Waals surface area contributed by atoms with Crippen molar-refractivity contribution in [3.05, 3.63) is 45.5 Å². The number of benzene rings is 1. The van der Waals surface area contributed by atoms with Gasteiger partial charge in [0.2, 0.25) is 10.0 Å². The Hall–Kier alpha value is -1.44. The van der Waals surface area contributed by atoms with Crippen LogP contribution < -0.4 is 4.72 Å². The highest BCUT2D eigenvalue weighted by Gasteiger charge is 2.19. The van der Waals surface area contributed by atoms with Crippen molar-refractivity contribution < 1.29 is 13.3 Å². The summed E-state index contributed by atoms with van der Waals surface area (Å²) in [5.74, 6) is 0. The topological polar surface area (TPSA) is 89.3 Å². The maximum Gasteiger partial charge on any atom is 0.273 e. The fraction of sp³-hybridized carbons (Fsp3) is 0.200. The van der Waals surface area contributed by atoms with Gasteiger partial charge < -0.3 is 0 Å². The van der Waals surface area contributed by atoms with Crippen molar-refractivity contribution in [3.63, 3.8) is 0 Å². The maximum atomic E-state index is 11.8. The predicted octanol–water partition coefficient (Wildman–Crippen LogP) is 1.93. The molecule has 0 aromatic heterocycles. The lowest BCUT2D eigenvalue weighted by molar-refractivity contribution is -0.385. The van der Waals surface area contributed by atoms with Crippen LogP contribution in [0.1, 0.15) is 5.56 Å². The molecule has 8 heteroatoms. The molecular weight excluding hydrogens is 280 g/mol. The van der Waals surface area contributed by atoms with Crippen molar-refractivity contribution in [2.24, 2.45) is 0 Å². The summed E-state index contributed by atoms with van der Waals surface area (Å²) in [5.41, 5.74) is 0.142. The molecule has 18 heavy (non-hydrogen) atoms. The zero-order valence-corrected chi connectivity index (χ0v) is 11.1. The molecule has 0 bridgehead atoms. The van der Waals surface area contributed by atoms with Crippen molar-refractivity contribution in [1.82, 2.24) is 4.72 Å². The van der Waals surface area contributed by atoms with Gasteiger partial charge in [-0.3, -0.25) is 10.1 Å². The van der Waals surface area contributed by atoms with Crippen LogP contribution in [0.15, 0.2) is 34.7 Å². The lowest BCUT2D eigenvalue weighted by Gasteiger charge is -2.06. The van der Waals surface area contributed by atoms with E-state index < -0.39 is 14.9 Å². The summed E-state index contributed by atoms with van der Waals surface area (Å²) in [5, 5.41) is 10.8. The first-order chi connectivity index (χ1) is 8.24. The molecule has 0 amide bonds. The summed E-state index contributed by atoms with van der Waals surface area (Å²) in [7, 11) is -3.83. The van der Waals surface area contributed by atoms with Gasteiger partial charge in [0.1, 0.15) is 0 Å². The van der Waals surface area contributed by atoms with E-state index in [-0.39, 0.29) is 22.2 Å². The van der Waals surface area contributed by atoms with Crippen molar-refractivity contribution in [2.45, 2.75) is 11.8 Å². The van der Waals surface area contributed by atoms with Crippen LogP contribution in [-0.4, -0.2) is 19.9 Å². The third-order valence-corrected chi connectivity index (χ3v) is 3.67. The van der Waals surface area contributed by atoms with E-state index in [9.17, 15) is 18.5 Å². The molecule has 1 N–H and O–H groups in total. The van der Waals surface area contributed by atoms with E-state index in [1.807, 2.05) is 0 Å². The Morgan fingerprint density at radius 1 is 1.56 bits per heavy atom. The van der Waals surface area contributed by atoms with Crippen molar-refractivity contribution in [2.75, 3.05) is 6.54 Å². The fourth-order valence-electron chi connectivity index (χ4n) is 1.21. The number of rotatable bonds is 5. The van der Waals surface area contributed by atoms with Crippen LogP contribution in [0, 0.1) is 17.0 Å². The third-order valence-electron chi connectivity index (χ3n) is 2.14. The number of hydrogen-bond acceptors (Lipinski definition) is 4. The largest absolute Gasteiger partial charge is 0.273 e. The van der Waals surface area contributed by atoms with E-state index in [1.54, 1.807) is 0 Å². The minimum absolute atomic E-state index is 0.125. The van der Waals surface area contributed by atoms with Gasteiger partial charge in [-0.05, 0) is 13.0 Å². The van der Waals surface area contributed by atoms with Crippen LogP contribution in [-0.2, 0) is 10.0 Å². The first-order valence-corrected chi connectivity index (χ1v) is 6.68. The lowest BCUT2D eigenvalue weighted by Crippen LogP contribution is -2.24. The van der Waals surface area contributed by atoms with Gasteiger partial charge in [-0.1, -0.05) is 24.2 Å². The third kappa shape index (κ3) is 3.52. The normalized spacial score (nSPS) is 11.2. The van der Waals surface area contributed by atoms with Gasteiger partial charge in [0.15, 0.2) is 0 Å². The van der Waals surface area contributed by atoms with Gasteiger partial charge in [-0.25, -0.2) is 13.1 Å². The molecular formula is C10H11ClN2O4S. The van der Waals surface area contributed by atoms with E-state index >= 15 is 0 Å². The number of nitro benzene ring substituents is 1. The quantitative estimate of drug-likeness (QED) is 0.663. The number of nitrogens with one attached hydrogen (secondary N) is 1. The molecule has 1 rings (SSSR count). The second-order valence-corrected chi connectivity index (χ2v) is 5.85. The Bertz CT molecular complexity index is 598. The maximum absolute atomic E-state index is 11.8. The lowest BCUT2D eigenvalue weighted by atomic mass is 10.2. The molecule has 0 saturated heterocycles. The summed E-state index contributed by atoms with van der Waals surface area (Å²) in [6.07, 6.45) is 0. The van der Waals surface area contributed by atoms with Crippen LogP contribution in [0.2, 0.25) is 0 Å². The van der Waals surface area contributed by atoms with Crippen LogP contribution in [0.3, 0.4) is 0 Å². The molecule has 0 saturated carbocycles. The van der Waals surface area contributed by atoms with Gasteiger partial charge in [0.25, 0.3) is 5.69 Å². The molecule has 0 spiro atoms. The van der Waals surface area contributed by atoms with Gasteiger partial charge in [-0.15, -0.1) is 0 Å². The number of sulfonamides is 1. The molecule has 0 radical (unpaired) electrons. The Balaban J connectivity index is 3.14. The van der Waals surface area contributed by atoms with Crippen molar-refractivity contribution >= 4 is 27.3 Å². The minimum atomic E-state index is -3.83. The van der Waals surface area contributed by atoms with E-state index in [4.69, 9.17) is 11.6 Å². The van der Waals surface area contributed by atoms with Crippen molar-refractivity contribution in [3.8, 4) is 0 Å². The SMILES string of the molecule is C=C(Cl)CNS(=O)(=O)c1ccc(C)c([N+](=O)[O-])c1. The Morgan fingerprint density at radius 3 is 2.67 bits per heavy atom. The van der Waals surface area contributed by atoms with E-state index in [0.717, 1.165) is 6.07 Å². The molecule has 1 aromatic rings. The summed E-state index contributed by atoms with van der Waals surface area (Å²) < 4.78 is 25.8. The molecule has 0 atom stereocenters. The first kappa shape index (κ1) is 14.6. The van der Waals surface area contributed by atoms with Crippen LogP contribution in [0.5, 0.6) is 0 Å². The summed E-state index contributed by atoms with van der Waals surface area (Å²) in [4.78, 5) is 9.91. The van der Waals surface area contributed by atoms with E-state index in [0.29, 0.717) is 5.56 Å². The molecule has 0 aliphatic rings. The van der Waals surface area contributed by atoms with Crippen LogP contribution >= 0.6 is 11.6 Å². The van der Waals surface area contributed by atoms with Crippen LogP contribution in [0.25, 0.3) is 0 Å². The fourth-order valence-corrected chi connectivity index (χ4v) is 2.40. The average Bonchev–Trinajstić information content (AvgIpc) is 2.26. The number of halogens is 1. The summed E-state index contributed by atoms with van der Waals surface area (Å²) >= 11 is 5.45. The van der Waals surface area contributed by atoms with Gasteiger partial charge in [-0.2, -0.15) is 0 Å². The number of nitrogens with zero attached hydrogens (tertiary/aromatic N) is 1. The zero-order chi connectivity index (χ0) is 13.9. The summed E-state index contributed by atoms with van der Waals surface area (Å²) in [6, 6.07) is 3.68. The van der Waals surface area contributed by atoms with Gasteiger partial charge >= 0.3 is 0 Å². The van der Waals surface area contributed by atoms with Crippen molar-refractivity contribution in [1.29, 1.82) is 0 Å². The minimum Gasteiger partial charge on any atom is -0.258 e. The zero-order valence-electron chi connectivity index (χ0n) is 9.51. The molecule has 0 aliphatic carbocycles. The number of hydrogen-bond donors (Lipinski definition) is 1. The highest BCUT2D eigenvalue weighted by atomic mass is 35.5.